The highest BCUT2D eigenvalue weighted by molar-refractivity contribution is 7.80. The highest BCUT2D eigenvalue weighted by atomic mass is 32.3. The maximum atomic E-state index is 12.7. The number of unbranched alkanes of at least 4 members (excludes halogenated alkanes) is 11. The number of rotatable bonds is 30. The molecule has 13 heteroatoms. The summed E-state index contributed by atoms with van der Waals surface area (Å²) in [6.45, 7) is 3.77. The molecule has 6 atom stereocenters. The van der Waals surface area contributed by atoms with Crippen LogP contribution in [0.15, 0.2) is 36.5 Å². The van der Waals surface area contributed by atoms with E-state index in [4.69, 9.17) is 23.5 Å². The monoisotopic (exact) mass is 720 g/mol. The van der Waals surface area contributed by atoms with Gasteiger partial charge in [0.2, 0.25) is 0 Å². The number of hydrogen-bond donors (Lipinski definition) is 4. The van der Waals surface area contributed by atoms with Gasteiger partial charge in [-0.1, -0.05) is 108 Å². The largest absolute Gasteiger partial charge is 0.457 e. The Balaban J connectivity index is 2.51. The lowest BCUT2D eigenvalue weighted by molar-refractivity contribution is -0.301. The Labute approximate surface area is 294 Å². The van der Waals surface area contributed by atoms with Gasteiger partial charge in [-0.2, -0.15) is 8.42 Å². The Bertz CT molecular complexity index is 1020. The molecule has 0 bridgehead atoms. The molecule has 286 valence electrons. The summed E-state index contributed by atoms with van der Waals surface area (Å²) in [5.74, 6) is -0.421. The van der Waals surface area contributed by atoms with Gasteiger partial charge in [-0.3, -0.25) is 9.35 Å². The zero-order chi connectivity index (χ0) is 36.2. The molecule has 0 radical (unpaired) electrons. The lowest BCUT2D eigenvalue weighted by Gasteiger charge is -2.41. The van der Waals surface area contributed by atoms with Crippen molar-refractivity contribution in [1.82, 2.24) is 0 Å². The lowest BCUT2D eigenvalue weighted by atomic mass is 9.99. The molecule has 0 aromatic heterocycles. The Morgan fingerprint density at radius 1 is 0.796 bits per heavy atom. The number of aliphatic hydroxyl groups is 3. The predicted octanol–water partition coefficient (Wildman–Crippen LogP) is 5.90. The second-order valence-corrected chi connectivity index (χ2v) is 13.5. The Hall–Kier alpha value is -1.68. The molecule has 1 aliphatic heterocycles. The third-order valence-electron chi connectivity index (χ3n) is 8.03. The van der Waals surface area contributed by atoms with Gasteiger partial charge in [-0.05, 0) is 44.9 Å². The molecule has 1 heterocycles. The van der Waals surface area contributed by atoms with Crippen LogP contribution in [-0.2, 0) is 38.3 Å². The van der Waals surface area contributed by atoms with Crippen molar-refractivity contribution < 1.29 is 56.2 Å². The first-order valence-corrected chi connectivity index (χ1v) is 19.6. The average molecular weight is 721 g/mol. The van der Waals surface area contributed by atoms with Gasteiger partial charge in [0, 0.05) is 13.0 Å². The first kappa shape index (κ1) is 45.3. The van der Waals surface area contributed by atoms with E-state index in [2.05, 4.69) is 54.5 Å². The van der Waals surface area contributed by atoms with Crippen LogP contribution in [0.5, 0.6) is 0 Å². The smallest absolute Gasteiger partial charge is 0.397 e. The normalized spacial score (nSPS) is 22.4. The van der Waals surface area contributed by atoms with Gasteiger partial charge in [0.15, 0.2) is 6.29 Å². The molecule has 1 fully saturated rings. The van der Waals surface area contributed by atoms with Crippen LogP contribution in [0.25, 0.3) is 0 Å². The Morgan fingerprint density at radius 3 is 2.06 bits per heavy atom. The number of carbonyl (C=O) groups excluding carboxylic acids is 1. The first-order valence-electron chi connectivity index (χ1n) is 18.2. The highest BCUT2D eigenvalue weighted by Gasteiger charge is 2.48. The van der Waals surface area contributed by atoms with Crippen molar-refractivity contribution in [2.45, 2.75) is 160 Å². The second kappa shape index (κ2) is 29.0. The topological polar surface area (TPSA) is 178 Å². The zero-order valence-corrected chi connectivity index (χ0v) is 30.6. The van der Waals surface area contributed by atoms with Gasteiger partial charge in [0.25, 0.3) is 0 Å². The molecule has 12 nitrogen and oxygen atoms in total. The van der Waals surface area contributed by atoms with Crippen molar-refractivity contribution in [3.63, 3.8) is 0 Å². The molecule has 0 amide bonds. The number of allylic oxidation sites excluding steroid dienone is 6. The molecular formula is C36H64O12S. The predicted molar refractivity (Wildman–Crippen MR) is 188 cm³/mol. The number of ether oxygens (including phenoxy) is 4. The van der Waals surface area contributed by atoms with Gasteiger partial charge in [-0.15, -0.1) is 0 Å². The highest BCUT2D eigenvalue weighted by Crippen LogP contribution is 2.26. The van der Waals surface area contributed by atoms with E-state index in [1.54, 1.807) is 0 Å². The molecule has 0 saturated carbocycles. The fourth-order valence-electron chi connectivity index (χ4n) is 5.27. The molecule has 1 saturated heterocycles. The molecule has 49 heavy (non-hydrogen) atoms. The summed E-state index contributed by atoms with van der Waals surface area (Å²) in [4.78, 5) is 12.7. The van der Waals surface area contributed by atoms with Gasteiger partial charge in [0.1, 0.15) is 30.5 Å². The SMILES string of the molecule is CC/C=C\C/C=C\C/C=C\CCCCCCCC(=O)OC(COCCCCCCCCC)COC1OC(CO)C(O)C(OS(=O)(=O)O)C1O. The van der Waals surface area contributed by atoms with E-state index in [9.17, 15) is 28.5 Å². The van der Waals surface area contributed by atoms with Crippen molar-refractivity contribution in [3.8, 4) is 0 Å². The van der Waals surface area contributed by atoms with Crippen LogP contribution in [0.2, 0.25) is 0 Å². The van der Waals surface area contributed by atoms with Gasteiger partial charge >= 0.3 is 16.4 Å². The van der Waals surface area contributed by atoms with Crippen LogP contribution in [-0.4, -0.2) is 97.5 Å². The summed E-state index contributed by atoms with van der Waals surface area (Å²) < 4.78 is 58.5. The van der Waals surface area contributed by atoms with E-state index in [0.717, 1.165) is 70.6 Å². The molecule has 0 spiro atoms. The first-order chi connectivity index (χ1) is 23.6. The van der Waals surface area contributed by atoms with E-state index in [0.29, 0.717) is 13.0 Å². The van der Waals surface area contributed by atoms with Crippen LogP contribution in [0.4, 0.5) is 0 Å². The molecule has 0 aromatic rings. The van der Waals surface area contributed by atoms with E-state index >= 15 is 0 Å². The van der Waals surface area contributed by atoms with Crippen LogP contribution in [0.3, 0.4) is 0 Å². The Morgan fingerprint density at radius 2 is 1.41 bits per heavy atom. The second-order valence-electron chi connectivity index (χ2n) is 12.4. The quantitative estimate of drug-likeness (QED) is 0.0299. The standard InChI is InChI=1S/C36H64O12S/c1-3-5-7-9-11-12-13-14-15-16-17-18-19-21-23-25-32(38)46-30(28-44-26-24-22-20-10-8-6-4-2)29-45-36-34(40)35(48-49(41,42)43)33(39)31(27-37)47-36/h5,7,11-12,14-15,30-31,33-37,39-40H,3-4,6,8-10,13,16-29H2,1-2H3,(H,41,42,43)/b7-5-,12-11-,15-14-. The summed E-state index contributed by atoms with van der Waals surface area (Å²) in [5.41, 5.74) is 0. The fourth-order valence-corrected chi connectivity index (χ4v) is 5.78. The summed E-state index contributed by atoms with van der Waals surface area (Å²) >= 11 is 0. The van der Waals surface area contributed by atoms with Crippen LogP contribution < -0.4 is 0 Å². The third-order valence-corrected chi connectivity index (χ3v) is 8.49. The molecule has 0 aliphatic carbocycles. The van der Waals surface area contributed by atoms with E-state index in [-0.39, 0.29) is 19.6 Å². The van der Waals surface area contributed by atoms with E-state index in [1.807, 2.05) is 0 Å². The minimum Gasteiger partial charge on any atom is -0.457 e. The van der Waals surface area contributed by atoms with Crippen LogP contribution in [0.1, 0.15) is 123 Å². The maximum absolute atomic E-state index is 12.7. The summed E-state index contributed by atoms with van der Waals surface area (Å²) in [6, 6.07) is 0. The summed E-state index contributed by atoms with van der Waals surface area (Å²) in [6.07, 6.45) is 20.7. The third kappa shape index (κ3) is 23.4. The van der Waals surface area contributed by atoms with Gasteiger partial charge in [0.05, 0.1) is 19.8 Å². The number of carbonyl (C=O) groups is 1. The number of aliphatic hydroxyl groups excluding tert-OH is 3. The van der Waals surface area contributed by atoms with Gasteiger partial charge < -0.3 is 34.3 Å². The van der Waals surface area contributed by atoms with Crippen LogP contribution >= 0.6 is 0 Å². The minimum atomic E-state index is -5.05. The fraction of sp³-hybridized carbons (Fsp3) is 0.806. The van der Waals surface area contributed by atoms with Crippen molar-refractivity contribution in [3.05, 3.63) is 36.5 Å². The average Bonchev–Trinajstić information content (AvgIpc) is 3.06. The minimum absolute atomic E-state index is 0.0284. The Kier molecular flexibility index (Phi) is 26.8. The molecule has 1 rings (SSSR count). The molecule has 6 unspecified atom stereocenters. The molecular weight excluding hydrogens is 656 g/mol. The van der Waals surface area contributed by atoms with Crippen molar-refractivity contribution >= 4 is 16.4 Å². The molecule has 1 aliphatic rings. The summed E-state index contributed by atoms with van der Waals surface area (Å²) in [5, 5.41) is 30.4. The lowest BCUT2D eigenvalue weighted by Crippen LogP contribution is -2.60. The van der Waals surface area contributed by atoms with Gasteiger partial charge in [-0.25, -0.2) is 4.18 Å². The van der Waals surface area contributed by atoms with Crippen molar-refractivity contribution in [1.29, 1.82) is 0 Å². The number of hydrogen-bond acceptors (Lipinski definition) is 11. The van der Waals surface area contributed by atoms with E-state index in [1.165, 1.54) is 25.7 Å². The number of esters is 1. The molecule has 0 aromatic carbocycles. The summed E-state index contributed by atoms with van der Waals surface area (Å²) in [7, 11) is -5.05. The maximum Gasteiger partial charge on any atom is 0.397 e. The van der Waals surface area contributed by atoms with E-state index < -0.39 is 59.8 Å². The molecule has 4 N–H and O–H groups in total. The van der Waals surface area contributed by atoms with Crippen molar-refractivity contribution in [2.24, 2.45) is 0 Å². The van der Waals surface area contributed by atoms with Crippen LogP contribution in [0, 0.1) is 0 Å². The van der Waals surface area contributed by atoms with Crippen molar-refractivity contribution in [2.75, 3.05) is 26.4 Å². The zero-order valence-electron chi connectivity index (χ0n) is 29.7.